The van der Waals surface area contributed by atoms with E-state index >= 15 is 0 Å². The van der Waals surface area contributed by atoms with Crippen LogP contribution in [0.5, 0.6) is 0 Å². The minimum absolute atomic E-state index is 0.162. The molecule has 2 amide bonds. The van der Waals surface area contributed by atoms with E-state index in [1.807, 2.05) is 6.92 Å². The molecule has 102 valence electrons. The average Bonchev–Trinajstić information content (AvgIpc) is 2.57. The van der Waals surface area contributed by atoms with Crippen molar-refractivity contribution >= 4 is 23.5 Å². The van der Waals surface area contributed by atoms with Gasteiger partial charge < -0.3 is 10.6 Å². The Kier molecular flexibility index (Phi) is 3.64. The SMILES string of the molecule is CCNc1cc(NC2CC(=O)N(C)C2=O)nc(C)n1. The summed E-state index contributed by atoms with van der Waals surface area (Å²) in [4.78, 5) is 32.8. The molecule has 0 bridgehead atoms. The first-order chi connectivity index (χ1) is 9.01. The van der Waals surface area contributed by atoms with Gasteiger partial charge in [-0.3, -0.25) is 14.5 Å². The lowest BCUT2D eigenvalue weighted by atomic mass is 10.2. The van der Waals surface area contributed by atoms with Crippen molar-refractivity contribution < 1.29 is 9.59 Å². The number of hydrogen-bond acceptors (Lipinski definition) is 6. The highest BCUT2D eigenvalue weighted by Gasteiger charge is 2.36. The summed E-state index contributed by atoms with van der Waals surface area (Å²) in [6.07, 6.45) is 0.162. The maximum atomic E-state index is 11.8. The molecule has 7 heteroatoms. The molecule has 1 aliphatic rings. The van der Waals surface area contributed by atoms with Crippen LogP contribution in [0.15, 0.2) is 6.07 Å². The summed E-state index contributed by atoms with van der Waals surface area (Å²) < 4.78 is 0. The molecule has 0 saturated carbocycles. The molecule has 1 aliphatic heterocycles. The standard InChI is InChI=1S/C12H17N5O2/c1-4-13-9-6-10(15-7(2)14-9)16-8-5-11(18)17(3)12(8)19/h6,8H,4-5H2,1-3H3,(H2,13,14,15,16). The number of hydrogen-bond donors (Lipinski definition) is 2. The first-order valence-electron chi connectivity index (χ1n) is 6.17. The van der Waals surface area contributed by atoms with Gasteiger partial charge in [0, 0.05) is 19.7 Å². The number of nitrogens with one attached hydrogen (secondary N) is 2. The van der Waals surface area contributed by atoms with Gasteiger partial charge in [-0.1, -0.05) is 0 Å². The van der Waals surface area contributed by atoms with E-state index in [1.54, 1.807) is 13.0 Å². The largest absolute Gasteiger partial charge is 0.370 e. The lowest BCUT2D eigenvalue weighted by molar-refractivity contribution is -0.136. The zero-order chi connectivity index (χ0) is 14.0. The third kappa shape index (κ3) is 2.81. The molecule has 1 unspecified atom stereocenters. The number of likely N-dealkylation sites (tertiary alicyclic amines) is 1. The Morgan fingerprint density at radius 3 is 2.63 bits per heavy atom. The van der Waals surface area contributed by atoms with Crippen LogP contribution in [0.25, 0.3) is 0 Å². The predicted molar refractivity (Wildman–Crippen MR) is 70.7 cm³/mol. The van der Waals surface area contributed by atoms with Crippen molar-refractivity contribution in [3.63, 3.8) is 0 Å². The van der Waals surface area contributed by atoms with E-state index in [1.165, 1.54) is 7.05 Å². The fourth-order valence-electron chi connectivity index (χ4n) is 1.96. The molecular weight excluding hydrogens is 246 g/mol. The molecule has 2 rings (SSSR count). The highest BCUT2D eigenvalue weighted by molar-refractivity contribution is 6.06. The molecule has 2 N–H and O–H groups in total. The molecule has 0 aliphatic carbocycles. The molecule has 1 fully saturated rings. The molecule has 7 nitrogen and oxygen atoms in total. The van der Waals surface area contributed by atoms with Crippen LogP contribution in [0.1, 0.15) is 19.2 Å². The molecule has 1 aromatic rings. The summed E-state index contributed by atoms with van der Waals surface area (Å²) in [5.74, 6) is 1.44. The van der Waals surface area contributed by atoms with Crippen LogP contribution >= 0.6 is 0 Å². The number of aryl methyl sites for hydroxylation is 1. The van der Waals surface area contributed by atoms with E-state index in [0.29, 0.717) is 17.5 Å². The molecule has 1 saturated heterocycles. The molecule has 19 heavy (non-hydrogen) atoms. The number of imide groups is 1. The zero-order valence-electron chi connectivity index (χ0n) is 11.2. The normalized spacial score (nSPS) is 18.9. The lowest BCUT2D eigenvalue weighted by Gasteiger charge is -2.13. The Morgan fingerprint density at radius 1 is 1.37 bits per heavy atom. The topological polar surface area (TPSA) is 87.2 Å². The van der Waals surface area contributed by atoms with Gasteiger partial charge in [-0.15, -0.1) is 0 Å². The Balaban J connectivity index is 2.15. The zero-order valence-corrected chi connectivity index (χ0v) is 11.2. The van der Waals surface area contributed by atoms with Crippen molar-refractivity contribution in [2.45, 2.75) is 26.3 Å². The highest BCUT2D eigenvalue weighted by atomic mass is 16.2. The summed E-state index contributed by atoms with van der Waals surface area (Å²) in [7, 11) is 1.49. The van der Waals surface area contributed by atoms with E-state index in [4.69, 9.17) is 0 Å². The summed E-state index contributed by atoms with van der Waals surface area (Å²) in [6, 6.07) is 1.19. The molecular formula is C12H17N5O2. The van der Waals surface area contributed by atoms with E-state index in [-0.39, 0.29) is 18.2 Å². The van der Waals surface area contributed by atoms with Gasteiger partial charge in [0.15, 0.2) is 0 Å². The Labute approximate surface area is 111 Å². The smallest absolute Gasteiger partial charge is 0.251 e. The second-order valence-corrected chi connectivity index (χ2v) is 4.41. The van der Waals surface area contributed by atoms with E-state index in [9.17, 15) is 9.59 Å². The summed E-state index contributed by atoms with van der Waals surface area (Å²) in [5, 5.41) is 6.08. The first-order valence-corrected chi connectivity index (χ1v) is 6.17. The third-order valence-corrected chi connectivity index (χ3v) is 2.90. The van der Waals surface area contributed by atoms with Crippen molar-refractivity contribution in [3.8, 4) is 0 Å². The van der Waals surface area contributed by atoms with Crippen molar-refractivity contribution in [2.75, 3.05) is 24.2 Å². The fourth-order valence-corrected chi connectivity index (χ4v) is 1.96. The number of rotatable bonds is 4. The van der Waals surface area contributed by atoms with Crippen LogP contribution in [0.3, 0.4) is 0 Å². The quantitative estimate of drug-likeness (QED) is 0.764. The van der Waals surface area contributed by atoms with Crippen molar-refractivity contribution in [1.29, 1.82) is 0 Å². The summed E-state index contributed by atoms with van der Waals surface area (Å²) in [6.45, 7) is 4.50. The molecule has 0 spiro atoms. The Bertz CT molecular complexity index is 517. The summed E-state index contributed by atoms with van der Waals surface area (Å²) in [5.41, 5.74) is 0. The highest BCUT2D eigenvalue weighted by Crippen LogP contribution is 2.17. The molecule has 0 aromatic carbocycles. The Morgan fingerprint density at radius 2 is 2.05 bits per heavy atom. The van der Waals surface area contributed by atoms with Crippen molar-refractivity contribution in [3.05, 3.63) is 11.9 Å². The van der Waals surface area contributed by atoms with Gasteiger partial charge in [0.25, 0.3) is 5.91 Å². The molecule has 1 atom stereocenters. The number of nitrogens with zero attached hydrogens (tertiary/aromatic N) is 3. The third-order valence-electron chi connectivity index (χ3n) is 2.90. The molecule has 0 radical (unpaired) electrons. The number of likely N-dealkylation sites (N-methyl/N-ethyl adjacent to an activating group) is 1. The molecule has 2 heterocycles. The maximum Gasteiger partial charge on any atom is 0.251 e. The van der Waals surface area contributed by atoms with Gasteiger partial charge in [0.2, 0.25) is 5.91 Å². The van der Waals surface area contributed by atoms with Gasteiger partial charge in [0.1, 0.15) is 23.5 Å². The number of carbonyl (C=O) groups is 2. The maximum absolute atomic E-state index is 11.8. The number of aromatic nitrogens is 2. The number of amides is 2. The van der Waals surface area contributed by atoms with Crippen LogP contribution in [0.2, 0.25) is 0 Å². The fraction of sp³-hybridized carbons (Fsp3) is 0.500. The van der Waals surface area contributed by atoms with Gasteiger partial charge >= 0.3 is 0 Å². The lowest BCUT2D eigenvalue weighted by Crippen LogP contribution is -2.32. The second kappa shape index (κ2) is 5.21. The van der Waals surface area contributed by atoms with E-state index < -0.39 is 6.04 Å². The van der Waals surface area contributed by atoms with Gasteiger partial charge in [-0.25, -0.2) is 9.97 Å². The minimum Gasteiger partial charge on any atom is -0.370 e. The second-order valence-electron chi connectivity index (χ2n) is 4.41. The van der Waals surface area contributed by atoms with Crippen LogP contribution < -0.4 is 10.6 Å². The number of anilines is 2. The van der Waals surface area contributed by atoms with Crippen molar-refractivity contribution in [1.82, 2.24) is 14.9 Å². The minimum atomic E-state index is -0.540. The summed E-state index contributed by atoms with van der Waals surface area (Å²) >= 11 is 0. The van der Waals surface area contributed by atoms with Crippen LogP contribution in [-0.2, 0) is 9.59 Å². The van der Waals surface area contributed by atoms with E-state index in [2.05, 4.69) is 20.6 Å². The van der Waals surface area contributed by atoms with Gasteiger partial charge in [0.05, 0.1) is 6.42 Å². The van der Waals surface area contributed by atoms with E-state index in [0.717, 1.165) is 11.4 Å². The Hall–Kier alpha value is -2.18. The van der Waals surface area contributed by atoms with Gasteiger partial charge in [-0.05, 0) is 13.8 Å². The first kappa shape index (κ1) is 13.3. The number of carbonyl (C=O) groups excluding carboxylic acids is 2. The van der Waals surface area contributed by atoms with Gasteiger partial charge in [-0.2, -0.15) is 0 Å². The van der Waals surface area contributed by atoms with Crippen LogP contribution in [0.4, 0.5) is 11.6 Å². The van der Waals surface area contributed by atoms with Crippen LogP contribution in [0, 0.1) is 6.92 Å². The van der Waals surface area contributed by atoms with Crippen molar-refractivity contribution in [2.24, 2.45) is 0 Å². The monoisotopic (exact) mass is 263 g/mol. The average molecular weight is 263 g/mol. The van der Waals surface area contributed by atoms with Crippen LogP contribution in [-0.4, -0.2) is 46.3 Å². The molecule has 1 aromatic heterocycles. The predicted octanol–water partition coefficient (Wildman–Crippen LogP) is 0.386.